The summed E-state index contributed by atoms with van der Waals surface area (Å²) in [6.45, 7) is 2.75. The summed E-state index contributed by atoms with van der Waals surface area (Å²) in [5, 5.41) is 5.43. The molecule has 4 aromatic rings. The van der Waals surface area contributed by atoms with Gasteiger partial charge < -0.3 is 9.80 Å². The number of carbonyl (C=O) groups is 1. The summed E-state index contributed by atoms with van der Waals surface area (Å²) in [6.07, 6.45) is 1.80. The molecule has 2 aromatic carbocycles. The van der Waals surface area contributed by atoms with Crippen LogP contribution < -0.4 is 4.90 Å². The number of hydrogen-bond acceptors (Lipinski definition) is 4. The Hall–Kier alpha value is -3.64. The largest absolute Gasteiger partial charge is 0.353 e. The minimum atomic E-state index is -0.0257. The Kier molecular flexibility index (Phi) is 5.60. The number of halogens is 1. The summed E-state index contributed by atoms with van der Waals surface area (Å²) in [4.78, 5) is 22.1. The maximum atomic E-state index is 13.5. The maximum Gasteiger partial charge on any atom is 0.272 e. The normalized spacial score (nSPS) is 13.9. The summed E-state index contributed by atoms with van der Waals surface area (Å²) in [5.74, 6) is 0.918. The molecule has 1 aliphatic rings. The van der Waals surface area contributed by atoms with Crippen molar-refractivity contribution in [2.45, 2.75) is 0 Å². The summed E-state index contributed by atoms with van der Waals surface area (Å²) < 4.78 is 1.73. The summed E-state index contributed by atoms with van der Waals surface area (Å²) >= 11 is 6.04. The molecule has 0 aliphatic carbocycles. The number of benzene rings is 2. The van der Waals surface area contributed by atoms with Gasteiger partial charge in [-0.2, -0.15) is 5.10 Å². The third-order valence-electron chi connectivity index (χ3n) is 5.61. The van der Waals surface area contributed by atoms with E-state index in [9.17, 15) is 4.79 Å². The van der Waals surface area contributed by atoms with Crippen LogP contribution in [0.25, 0.3) is 16.9 Å². The molecule has 1 fully saturated rings. The first kappa shape index (κ1) is 20.3. The average molecular weight is 444 g/mol. The Morgan fingerprint density at radius 3 is 2.25 bits per heavy atom. The van der Waals surface area contributed by atoms with E-state index in [2.05, 4.69) is 9.88 Å². The van der Waals surface area contributed by atoms with Crippen molar-refractivity contribution < 1.29 is 4.79 Å². The second kappa shape index (κ2) is 8.85. The van der Waals surface area contributed by atoms with Crippen LogP contribution >= 0.6 is 11.6 Å². The molecular formula is C25H22ClN5O. The zero-order valence-corrected chi connectivity index (χ0v) is 18.2. The van der Waals surface area contributed by atoms with Crippen molar-refractivity contribution in [3.8, 4) is 16.9 Å². The molecule has 0 spiro atoms. The van der Waals surface area contributed by atoms with Crippen molar-refractivity contribution >= 4 is 23.3 Å². The van der Waals surface area contributed by atoms with Crippen LogP contribution in [0.5, 0.6) is 0 Å². The van der Waals surface area contributed by atoms with E-state index >= 15 is 0 Å². The molecule has 1 saturated heterocycles. The minimum absolute atomic E-state index is 0.0257. The Labute approximate surface area is 191 Å². The standard InChI is InChI=1S/C25H22ClN5O/c26-20-11-9-19(10-12-20)22-18-23(31(28-22)21-6-2-1-3-7-21)25(32)30-16-14-29(15-17-30)24-8-4-5-13-27-24/h1-13,18H,14-17H2. The van der Waals surface area contributed by atoms with E-state index in [0.717, 1.165) is 35.9 Å². The van der Waals surface area contributed by atoms with Crippen LogP contribution in [0.15, 0.2) is 85.1 Å². The Balaban J connectivity index is 1.43. The van der Waals surface area contributed by atoms with Crippen LogP contribution in [0.1, 0.15) is 10.5 Å². The van der Waals surface area contributed by atoms with E-state index in [-0.39, 0.29) is 5.91 Å². The molecule has 32 heavy (non-hydrogen) atoms. The summed E-state index contributed by atoms with van der Waals surface area (Å²) in [7, 11) is 0. The van der Waals surface area contributed by atoms with Gasteiger partial charge in [-0.15, -0.1) is 0 Å². The van der Waals surface area contributed by atoms with Crippen LogP contribution in [-0.4, -0.2) is 51.8 Å². The molecule has 0 radical (unpaired) electrons. The number of hydrogen-bond donors (Lipinski definition) is 0. The van der Waals surface area contributed by atoms with Gasteiger partial charge in [0, 0.05) is 43.0 Å². The molecule has 7 heteroatoms. The van der Waals surface area contributed by atoms with Gasteiger partial charge in [0.15, 0.2) is 0 Å². The summed E-state index contributed by atoms with van der Waals surface area (Å²) in [6, 6.07) is 25.0. The fraction of sp³-hybridized carbons (Fsp3) is 0.160. The van der Waals surface area contributed by atoms with Gasteiger partial charge in [-0.25, -0.2) is 9.67 Å². The lowest BCUT2D eigenvalue weighted by Crippen LogP contribution is -2.49. The molecule has 0 saturated carbocycles. The highest BCUT2D eigenvalue weighted by molar-refractivity contribution is 6.30. The first-order valence-electron chi connectivity index (χ1n) is 10.6. The Morgan fingerprint density at radius 1 is 0.844 bits per heavy atom. The molecule has 5 rings (SSSR count). The smallest absolute Gasteiger partial charge is 0.272 e. The van der Waals surface area contributed by atoms with Crippen LogP contribution in [0.4, 0.5) is 5.82 Å². The number of piperazine rings is 1. The van der Waals surface area contributed by atoms with E-state index in [1.807, 2.05) is 83.8 Å². The molecule has 0 unspecified atom stereocenters. The molecule has 6 nitrogen and oxygen atoms in total. The molecule has 0 N–H and O–H groups in total. The lowest BCUT2D eigenvalue weighted by molar-refractivity contribution is 0.0737. The number of carbonyl (C=O) groups excluding carboxylic acids is 1. The minimum Gasteiger partial charge on any atom is -0.353 e. The Morgan fingerprint density at radius 2 is 1.56 bits per heavy atom. The number of amides is 1. The molecule has 1 aliphatic heterocycles. The topological polar surface area (TPSA) is 54.3 Å². The number of para-hydroxylation sites is 1. The van der Waals surface area contributed by atoms with Gasteiger partial charge in [0.05, 0.1) is 11.4 Å². The van der Waals surface area contributed by atoms with Crippen molar-refractivity contribution in [2.24, 2.45) is 0 Å². The second-order valence-corrected chi connectivity index (χ2v) is 8.07. The Bertz CT molecular complexity index is 1200. The predicted molar refractivity (Wildman–Crippen MR) is 126 cm³/mol. The van der Waals surface area contributed by atoms with Gasteiger partial charge in [0.2, 0.25) is 0 Å². The number of pyridine rings is 1. The van der Waals surface area contributed by atoms with Gasteiger partial charge in [0.1, 0.15) is 11.5 Å². The summed E-state index contributed by atoms with van der Waals surface area (Å²) in [5.41, 5.74) is 3.05. The molecule has 2 aromatic heterocycles. The monoisotopic (exact) mass is 443 g/mol. The zero-order chi connectivity index (χ0) is 21.9. The lowest BCUT2D eigenvalue weighted by atomic mass is 10.1. The van der Waals surface area contributed by atoms with Crippen molar-refractivity contribution in [2.75, 3.05) is 31.1 Å². The predicted octanol–water partition coefficient (Wildman–Crippen LogP) is 4.55. The number of anilines is 1. The molecular weight excluding hydrogens is 422 g/mol. The van der Waals surface area contributed by atoms with Gasteiger partial charge in [-0.1, -0.05) is 48.0 Å². The first-order chi connectivity index (χ1) is 15.7. The molecule has 160 valence electrons. The van der Waals surface area contributed by atoms with E-state index in [1.54, 1.807) is 10.9 Å². The molecule has 3 heterocycles. The van der Waals surface area contributed by atoms with Crippen molar-refractivity contribution in [3.63, 3.8) is 0 Å². The van der Waals surface area contributed by atoms with Crippen LogP contribution in [0.2, 0.25) is 5.02 Å². The van der Waals surface area contributed by atoms with Crippen molar-refractivity contribution in [1.29, 1.82) is 0 Å². The second-order valence-electron chi connectivity index (χ2n) is 7.64. The van der Waals surface area contributed by atoms with Gasteiger partial charge >= 0.3 is 0 Å². The third-order valence-corrected chi connectivity index (χ3v) is 5.86. The van der Waals surface area contributed by atoms with Gasteiger partial charge in [0.25, 0.3) is 5.91 Å². The highest BCUT2D eigenvalue weighted by Gasteiger charge is 2.26. The van der Waals surface area contributed by atoms with E-state index in [0.29, 0.717) is 23.8 Å². The molecule has 1 amide bonds. The highest BCUT2D eigenvalue weighted by atomic mass is 35.5. The van der Waals surface area contributed by atoms with Crippen molar-refractivity contribution in [3.05, 3.63) is 95.8 Å². The van der Waals surface area contributed by atoms with Gasteiger partial charge in [-0.05, 0) is 42.5 Å². The van der Waals surface area contributed by atoms with E-state index in [1.165, 1.54) is 0 Å². The highest BCUT2D eigenvalue weighted by Crippen LogP contribution is 2.25. The third kappa shape index (κ3) is 4.09. The van der Waals surface area contributed by atoms with Crippen molar-refractivity contribution in [1.82, 2.24) is 19.7 Å². The fourth-order valence-corrected chi connectivity index (χ4v) is 4.03. The lowest BCUT2D eigenvalue weighted by Gasteiger charge is -2.35. The van der Waals surface area contributed by atoms with E-state index < -0.39 is 0 Å². The fourth-order valence-electron chi connectivity index (χ4n) is 3.90. The van der Waals surface area contributed by atoms with Crippen LogP contribution in [0, 0.1) is 0 Å². The van der Waals surface area contributed by atoms with E-state index in [4.69, 9.17) is 16.7 Å². The average Bonchev–Trinajstić information content (AvgIpc) is 3.31. The number of nitrogens with zero attached hydrogens (tertiary/aromatic N) is 5. The van der Waals surface area contributed by atoms with Crippen LogP contribution in [0.3, 0.4) is 0 Å². The first-order valence-corrected chi connectivity index (χ1v) is 10.9. The molecule has 0 bridgehead atoms. The SMILES string of the molecule is O=C(c1cc(-c2ccc(Cl)cc2)nn1-c1ccccc1)N1CCN(c2ccccn2)CC1. The van der Waals surface area contributed by atoms with Crippen LogP contribution in [-0.2, 0) is 0 Å². The van der Waals surface area contributed by atoms with Gasteiger partial charge in [-0.3, -0.25) is 4.79 Å². The maximum absolute atomic E-state index is 13.5. The molecule has 0 atom stereocenters. The number of rotatable bonds is 4. The quantitative estimate of drug-likeness (QED) is 0.464. The zero-order valence-electron chi connectivity index (χ0n) is 17.4. The number of aromatic nitrogens is 3.